The second-order valence-corrected chi connectivity index (χ2v) is 8.99. The van der Waals surface area contributed by atoms with Crippen LogP contribution in [0.5, 0.6) is 0 Å². The summed E-state index contributed by atoms with van der Waals surface area (Å²) >= 11 is 0. The molecule has 1 unspecified atom stereocenters. The summed E-state index contributed by atoms with van der Waals surface area (Å²) in [5, 5.41) is 56.6. The second kappa shape index (κ2) is 9.75. The van der Waals surface area contributed by atoms with Gasteiger partial charge in [-0.2, -0.15) is 0 Å². The number of methoxy groups -OCH3 is 1. The lowest BCUT2D eigenvalue weighted by molar-refractivity contribution is -0.108. The highest BCUT2D eigenvalue weighted by Gasteiger charge is 2.51. The monoisotopic (exact) mass is 408 g/mol. The van der Waals surface area contributed by atoms with E-state index in [0.717, 1.165) is 7.11 Å². The molecule has 0 amide bonds. The number of rotatable bonds is 10. The Kier molecular flexibility index (Phi) is 8.97. The highest BCUT2D eigenvalue weighted by Crippen LogP contribution is 2.27. The molecular weight excluding hydrogens is 384 g/mol. The lowest BCUT2D eigenvalue weighted by atomic mass is 10.0. The largest absolute Gasteiger partial charge is 0.726 e. The highest BCUT2D eigenvalue weighted by molar-refractivity contribution is 7.97. The molecule has 150 valence electrons. The molecule has 6 N–H and O–H groups in total. The van der Waals surface area contributed by atoms with Crippen molar-refractivity contribution in [2.24, 2.45) is 0 Å². The molecule has 11 nitrogen and oxygen atoms in total. The van der Waals surface area contributed by atoms with Crippen LogP contribution < -0.4 is 0 Å². The van der Waals surface area contributed by atoms with Crippen molar-refractivity contribution in [2.75, 3.05) is 31.8 Å². The van der Waals surface area contributed by atoms with Gasteiger partial charge >= 0.3 is 0 Å². The van der Waals surface area contributed by atoms with Crippen LogP contribution in [0.4, 0.5) is 0 Å². The summed E-state index contributed by atoms with van der Waals surface area (Å²) in [5.41, 5.74) is 0. The fourth-order valence-electron chi connectivity index (χ4n) is 2.60. The summed E-state index contributed by atoms with van der Waals surface area (Å²) in [5.74, 6) is 0.0347. The van der Waals surface area contributed by atoms with Gasteiger partial charge in [0.15, 0.2) is 5.25 Å². The zero-order valence-corrected chi connectivity index (χ0v) is 15.0. The normalized spacial score (nSPS) is 32.3. The van der Waals surface area contributed by atoms with Crippen LogP contribution in [0.15, 0.2) is 0 Å². The number of hydrogen-bond donors (Lipinski definition) is 6. The first-order valence-corrected chi connectivity index (χ1v) is 10.3. The van der Waals surface area contributed by atoms with Gasteiger partial charge in [0.1, 0.15) is 48.1 Å². The molecule has 0 aromatic rings. The van der Waals surface area contributed by atoms with Crippen LogP contribution in [0.1, 0.15) is 0 Å². The Morgan fingerprint density at radius 3 is 2.32 bits per heavy atom. The summed E-state index contributed by atoms with van der Waals surface area (Å²) < 4.78 is 42.2. The van der Waals surface area contributed by atoms with E-state index in [9.17, 15) is 38.5 Å². The average Bonchev–Trinajstić information content (AvgIpc) is 2.81. The van der Waals surface area contributed by atoms with Crippen LogP contribution in [-0.4, -0.2) is 117 Å². The van der Waals surface area contributed by atoms with Gasteiger partial charge in [0.05, 0.1) is 13.2 Å². The smallest absolute Gasteiger partial charge is 0.218 e. The maximum Gasteiger partial charge on any atom is 0.218 e. The Morgan fingerprint density at radius 1 is 1.28 bits per heavy atom. The Hall–Kier alpha value is -0.0600. The van der Waals surface area contributed by atoms with Gasteiger partial charge in [-0.1, -0.05) is 0 Å². The van der Waals surface area contributed by atoms with E-state index in [1.165, 1.54) is 0 Å². The molecule has 1 aliphatic rings. The highest BCUT2D eigenvalue weighted by atomic mass is 32.3. The van der Waals surface area contributed by atoms with Gasteiger partial charge in [-0.25, -0.2) is 8.42 Å². The molecule has 8 atom stereocenters. The van der Waals surface area contributed by atoms with Crippen LogP contribution in [0.2, 0.25) is 0 Å². The quantitative estimate of drug-likeness (QED) is 0.115. The molecule has 25 heavy (non-hydrogen) atoms. The number of aliphatic hydroxyl groups excluding tert-OH is 6. The van der Waals surface area contributed by atoms with E-state index in [1.54, 1.807) is 0 Å². The molecule has 0 saturated carbocycles. The number of hydrogen-bond acceptors (Lipinski definition) is 11. The van der Waals surface area contributed by atoms with Gasteiger partial charge in [-0.05, 0) is 0 Å². The van der Waals surface area contributed by atoms with Crippen LogP contribution in [-0.2, 0) is 30.2 Å². The maximum absolute atomic E-state index is 10.9. The predicted octanol–water partition coefficient (Wildman–Crippen LogP) is -4.72. The Labute approximate surface area is 148 Å². The molecule has 1 aliphatic heterocycles. The van der Waals surface area contributed by atoms with Gasteiger partial charge in [0.2, 0.25) is 10.4 Å². The molecule has 1 fully saturated rings. The predicted molar refractivity (Wildman–Crippen MR) is 84.5 cm³/mol. The molecule has 0 aliphatic carbocycles. The first-order chi connectivity index (χ1) is 11.6. The standard InChI is InChI=1S/C12H24O11S2/c1-22-8(5-24-4-7(16)10(17)9(24)3-14)12(23-25(19,20)21)11(18)6(15)2-13/h6-18H,2-5H2,1H3/t6-,7-,8-,9-,10+,11-,12-,24?/m1/s1. The summed E-state index contributed by atoms with van der Waals surface area (Å²) in [6.45, 7) is -1.36. The maximum atomic E-state index is 10.9. The molecule has 0 aromatic carbocycles. The molecular formula is C12H24O11S2. The van der Waals surface area contributed by atoms with Crippen molar-refractivity contribution >= 4 is 21.3 Å². The van der Waals surface area contributed by atoms with Gasteiger partial charge in [-0.15, -0.1) is 0 Å². The third kappa shape index (κ3) is 6.25. The lowest BCUT2D eigenvalue weighted by Gasteiger charge is -2.31. The fraction of sp³-hybridized carbons (Fsp3) is 1.00. The first kappa shape index (κ1) is 23.0. The molecule has 0 bridgehead atoms. The van der Waals surface area contributed by atoms with E-state index in [-0.39, 0.29) is 11.5 Å². The molecule has 1 rings (SSSR count). The van der Waals surface area contributed by atoms with Crippen molar-refractivity contribution in [1.29, 1.82) is 0 Å². The molecule has 1 saturated heterocycles. The Morgan fingerprint density at radius 2 is 1.88 bits per heavy atom. The molecule has 13 heteroatoms. The van der Waals surface area contributed by atoms with Gasteiger partial charge in [0, 0.05) is 18.0 Å². The molecule has 0 radical (unpaired) electrons. The van der Waals surface area contributed by atoms with E-state index < -0.39 is 76.4 Å². The van der Waals surface area contributed by atoms with Crippen LogP contribution in [0.25, 0.3) is 0 Å². The summed E-state index contributed by atoms with van der Waals surface area (Å²) in [4.78, 5) is 0. The van der Waals surface area contributed by atoms with E-state index in [2.05, 4.69) is 4.18 Å². The zero-order valence-electron chi connectivity index (χ0n) is 13.4. The lowest BCUT2D eigenvalue weighted by Crippen LogP contribution is -2.52. The average molecular weight is 408 g/mol. The summed E-state index contributed by atoms with van der Waals surface area (Å²) in [6, 6.07) is 0. The van der Waals surface area contributed by atoms with Crippen LogP contribution >= 0.6 is 0 Å². The zero-order chi connectivity index (χ0) is 19.4. The van der Waals surface area contributed by atoms with E-state index in [4.69, 9.17) is 9.84 Å². The van der Waals surface area contributed by atoms with E-state index in [0.29, 0.717) is 0 Å². The SMILES string of the molecule is CO[C@H](C[S+]1C[C@@H](O)[C@H](O)[C@H]1CO)[C@@H](OS(=O)(=O)[O-])[C@H](O)[C@H](O)CO. The third-order valence-electron chi connectivity index (χ3n) is 3.96. The van der Waals surface area contributed by atoms with Crippen LogP contribution in [0.3, 0.4) is 0 Å². The van der Waals surface area contributed by atoms with E-state index in [1.807, 2.05) is 0 Å². The minimum Gasteiger partial charge on any atom is -0.726 e. The van der Waals surface area contributed by atoms with Crippen molar-refractivity contribution in [2.45, 2.75) is 41.9 Å². The summed E-state index contributed by atoms with van der Waals surface area (Å²) in [7, 11) is -4.96. The molecule has 0 aromatic heterocycles. The summed E-state index contributed by atoms with van der Waals surface area (Å²) in [6.07, 6.45) is -9.06. The number of aliphatic hydroxyl groups is 6. The van der Waals surface area contributed by atoms with E-state index >= 15 is 0 Å². The minimum atomic E-state index is -5.27. The first-order valence-electron chi connectivity index (χ1n) is 7.32. The van der Waals surface area contributed by atoms with Crippen molar-refractivity contribution < 1.29 is 52.5 Å². The minimum absolute atomic E-state index is 0.0642. The van der Waals surface area contributed by atoms with Crippen molar-refractivity contribution in [3.05, 3.63) is 0 Å². The van der Waals surface area contributed by atoms with Crippen molar-refractivity contribution in [3.63, 3.8) is 0 Å². The van der Waals surface area contributed by atoms with Crippen LogP contribution in [0, 0.1) is 0 Å². The van der Waals surface area contributed by atoms with Crippen molar-refractivity contribution in [3.8, 4) is 0 Å². The van der Waals surface area contributed by atoms with Crippen molar-refractivity contribution in [1.82, 2.24) is 0 Å². The van der Waals surface area contributed by atoms with Gasteiger partial charge in [0.25, 0.3) is 0 Å². The third-order valence-corrected chi connectivity index (χ3v) is 7.23. The van der Waals surface area contributed by atoms with Gasteiger partial charge < -0.3 is 39.9 Å². The Balaban J connectivity index is 3.00. The topological polar surface area (TPSA) is 197 Å². The fourth-order valence-corrected chi connectivity index (χ4v) is 5.91. The van der Waals surface area contributed by atoms with Gasteiger partial charge in [-0.3, -0.25) is 4.18 Å². The molecule has 0 spiro atoms. The Bertz CT molecular complexity index is 501. The molecule has 1 heterocycles. The second-order valence-electron chi connectivity index (χ2n) is 5.63. The number of ether oxygens (including phenoxy) is 1.